The van der Waals surface area contributed by atoms with Crippen molar-refractivity contribution in [3.8, 4) is 0 Å². The molecule has 2 saturated heterocycles. The zero-order valence-corrected chi connectivity index (χ0v) is 13.7. The summed E-state index contributed by atoms with van der Waals surface area (Å²) in [6.45, 7) is 2.73. The molecule has 0 radical (unpaired) electrons. The summed E-state index contributed by atoms with van der Waals surface area (Å²) >= 11 is 0. The molecule has 7 heteroatoms. The number of carbonyl (C=O) groups excluding carboxylic acids is 2. The van der Waals surface area contributed by atoms with Crippen molar-refractivity contribution in [1.82, 2.24) is 5.32 Å². The summed E-state index contributed by atoms with van der Waals surface area (Å²) < 4.78 is 5.36. The van der Waals surface area contributed by atoms with E-state index in [2.05, 4.69) is 10.6 Å². The van der Waals surface area contributed by atoms with Crippen LogP contribution in [0.15, 0.2) is 24.3 Å². The number of amides is 2. The first-order chi connectivity index (χ1) is 10.7. The van der Waals surface area contributed by atoms with Crippen LogP contribution in [-0.4, -0.2) is 44.2 Å². The number of hydrogen-bond donors (Lipinski definition) is 2. The summed E-state index contributed by atoms with van der Waals surface area (Å²) in [6, 6.07) is 7.51. The first-order valence-electron chi connectivity index (χ1n) is 7.74. The molecule has 1 aromatic rings. The molecule has 0 aliphatic carbocycles. The van der Waals surface area contributed by atoms with Gasteiger partial charge in [0.25, 0.3) is 0 Å². The molecule has 23 heavy (non-hydrogen) atoms. The van der Waals surface area contributed by atoms with Crippen LogP contribution in [0.2, 0.25) is 0 Å². The van der Waals surface area contributed by atoms with Crippen molar-refractivity contribution in [2.75, 3.05) is 36.5 Å². The van der Waals surface area contributed by atoms with Gasteiger partial charge in [-0.25, -0.2) is 0 Å². The summed E-state index contributed by atoms with van der Waals surface area (Å²) in [7, 11) is 0. The van der Waals surface area contributed by atoms with E-state index in [0.717, 1.165) is 18.7 Å². The summed E-state index contributed by atoms with van der Waals surface area (Å²) in [5.41, 5.74) is 1.48. The molecule has 2 aliphatic rings. The molecule has 0 bridgehead atoms. The molecule has 2 amide bonds. The number of ether oxygens (including phenoxy) is 1. The molecule has 6 nitrogen and oxygen atoms in total. The lowest BCUT2D eigenvalue weighted by atomic mass is 10.1. The van der Waals surface area contributed by atoms with Gasteiger partial charge >= 0.3 is 0 Å². The minimum Gasteiger partial charge on any atom is -0.378 e. The number of carbonyl (C=O) groups is 2. The van der Waals surface area contributed by atoms with Crippen LogP contribution >= 0.6 is 12.4 Å². The van der Waals surface area contributed by atoms with Crippen LogP contribution in [0.1, 0.15) is 19.3 Å². The van der Waals surface area contributed by atoms with E-state index in [4.69, 9.17) is 4.74 Å². The maximum absolute atomic E-state index is 12.2. The van der Waals surface area contributed by atoms with Gasteiger partial charge < -0.3 is 20.3 Å². The lowest BCUT2D eigenvalue weighted by Gasteiger charge is -2.24. The molecule has 2 aliphatic heterocycles. The van der Waals surface area contributed by atoms with Crippen molar-refractivity contribution in [3.05, 3.63) is 24.3 Å². The smallest absolute Gasteiger partial charge is 0.227 e. The van der Waals surface area contributed by atoms with E-state index in [1.165, 1.54) is 0 Å². The number of benzene rings is 1. The maximum Gasteiger partial charge on any atom is 0.227 e. The highest BCUT2D eigenvalue weighted by atomic mass is 35.5. The van der Waals surface area contributed by atoms with Crippen molar-refractivity contribution in [2.24, 2.45) is 0 Å². The summed E-state index contributed by atoms with van der Waals surface area (Å²) in [6.07, 6.45) is 1.80. The third kappa shape index (κ3) is 4.43. The molecule has 126 valence electrons. The number of morpholine rings is 1. The number of para-hydroxylation sites is 2. The number of rotatable bonds is 4. The Balaban J connectivity index is 0.00000192. The van der Waals surface area contributed by atoms with Crippen molar-refractivity contribution in [1.29, 1.82) is 0 Å². The Kier molecular flexibility index (Phi) is 6.38. The predicted octanol–water partition coefficient (Wildman–Crippen LogP) is 1.55. The first kappa shape index (κ1) is 17.7. The van der Waals surface area contributed by atoms with Crippen LogP contribution < -0.4 is 15.5 Å². The van der Waals surface area contributed by atoms with E-state index >= 15 is 0 Å². The van der Waals surface area contributed by atoms with Crippen molar-refractivity contribution in [3.63, 3.8) is 0 Å². The molecule has 2 fully saturated rings. The monoisotopic (exact) mass is 339 g/mol. The Morgan fingerprint density at radius 3 is 2.91 bits per heavy atom. The minimum absolute atomic E-state index is 0. The number of halogens is 1. The van der Waals surface area contributed by atoms with E-state index in [0.29, 0.717) is 38.3 Å². The largest absolute Gasteiger partial charge is 0.378 e. The summed E-state index contributed by atoms with van der Waals surface area (Å²) in [5, 5.41) is 6.19. The Morgan fingerprint density at radius 2 is 2.22 bits per heavy atom. The molecule has 1 aromatic carbocycles. The molecule has 0 spiro atoms. The quantitative estimate of drug-likeness (QED) is 0.873. The molecule has 3 rings (SSSR count). The highest BCUT2D eigenvalue weighted by Crippen LogP contribution is 2.29. The van der Waals surface area contributed by atoms with Gasteiger partial charge in [0.05, 0.1) is 24.6 Å². The van der Waals surface area contributed by atoms with E-state index < -0.39 is 0 Å². The Morgan fingerprint density at radius 1 is 1.39 bits per heavy atom. The van der Waals surface area contributed by atoms with Gasteiger partial charge in [-0.3, -0.25) is 9.59 Å². The fourth-order valence-corrected chi connectivity index (χ4v) is 2.89. The second-order valence-corrected chi connectivity index (χ2v) is 5.64. The van der Waals surface area contributed by atoms with Gasteiger partial charge in [-0.2, -0.15) is 0 Å². The molecule has 0 aromatic heterocycles. The predicted molar refractivity (Wildman–Crippen MR) is 91.1 cm³/mol. The highest BCUT2D eigenvalue weighted by Gasteiger charge is 2.24. The topological polar surface area (TPSA) is 70.7 Å². The molecule has 0 saturated carbocycles. The Bertz CT molecular complexity index is 561. The van der Waals surface area contributed by atoms with Crippen LogP contribution in [0, 0.1) is 0 Å². The molecule has 2 N–H and O–H groups in total. The fraction of sp³-hybridized carbons (Fsp3) is 0.500. The Labute approximate surface area is 142 Å². The van der Waals surface area contributed by atoms with Gasteiger partial charge in [0, 0.05) is 32.0 Å². The van der Waals surface area contributed by atoms with E-state index in [1.54, 1.807) is 4.90 Å². The lowest BCUT2D eigenvalue weighted by molar-refractivity contribution is -0.118. The van der Waals surface area contributed by atoms with E-state index in [-0.39, 0.29) is 30.3 Å². The molecular weight excluding hydrogens is 318 g/mol. The van der Waals surface area contributed by atoms with Crippen LogP contribution in [0.3, 0.4) is 0 Å². The SMILES string of the molecule is Cl.O=C(CC1COCCN1)Nc1ccccc1N1CCCC1=O. The van der Waals surface area contributed by atoms with E-state index in [1.807, 2.05) is 24.3 Å². The number of nitrogens with one attached hydrogen (secondary N) is 2. The van der Waals surface area contributed by atoms with Gasteiger partial charge in [-0.1, -0.05) is 12.1 Å². The van der Waals surface area contributed by atoms with Gasteiger partial charge in [0.1, 0.15) is 0 Å². The number of nitrogens with zero attached hydrogens (tertiary/aromatic N) is 1. The van der Waals surface area contributed by atoms with Crippen LogP contribution in [0.5, 0.6) is 0 Å². The Hall–Kier alpha value is -1.63. The average molecular weight is 340 g/mol. The van der Waals surface area contributed by atoms with Crippen LogP contribution in [-0.2, 0) is 14.3 Å². The van der Waals surface area contributed by atoms with Crippen LogP contribution in [0.4, 0.5) is 11.4 Å². The molecule has 2 heterocycles. The number of anilines is 2. The van der Waals surface area contributed by atoms with Gasteiger partial charge in [0.15, 0.2) is 0 Å². The summed E-state index contributed by atoms with van der Waals surface area (Å²) in [5.74, 6) is 0.0474. The molecule has 1 atom stereocenters. The standard InChI is InChI=1S/C16H21N3O3.ClH/c20-15(10-12-11-22-9-7-17-12)18-13-4-1-2-5-14(13)19-8-3-6-16(19)21;/h1-2,4-5,12,17H,3,6-11H2,(H,18,20);1H. The van der Waals surface area contributed by atoms with Gasteiger partial charge in [0.2, 0.25) is 11.8 Å². The second kappa shape index (κ2) is 8.29. The van der Waals surface area contributed by atoms with Crippen molar-refractivity contribution < 1.29 is 14.3 Å². The van der Waals surface area contributed by atoms with Crippen LogP contribution in [0.25, 0.3) is 0 Å². The average Bonchev–Trinajstić information content (AvgIpc) is 2.95. The maximum atomic E-state index is 12.2. The fourth-order valence-electron chi connectivity index (χ4n) is 2.89. The zero-order chi connectivity index (χ0) is 15.4. The minimum atomic E-state index is -0.0675. The molecular formula is C16H22ClN3O3. The first-order valence-corrected chi connectivity index (χ1v) is 7.74. The lowest BCUT2D eigenvalue weighted by Crippen LogP contribution is -2.43. The second-order valence-electron chi connectivity index (χ2n) is 5.64. The number of hydrogen-bond acceptors (Lipinski definition) is 4. The van der Waals surface area contributed by atoms with E-state index in [9.17, 15) is 9.59 Å². The third-order valence-electron chi connectivity index (χ3n) is 3.97. The normalized spacial score (nSPS) is 21.0. The summed E-state index contributed by atoms with van der Waals surface area (Å²) in [4.78, 5) is 25.9. The highest BCUT2D eigenvalue weighted by molar-refractivity contribution is 6.02. The van der Waals surface area contributed by atoms with Crippen molar-refractivity contribution >= 4 is 35.6 Å². The third-order valence-corrected chi connectivity index (χ3v) is 3.97. The zero-order valence-electron chi connectivity index (χ0n) is 12.9. The van der Waals surface area contributed by atoms with Gasteiger partial charge in [-0.15, -0.1) is 12.4 Å². The molecule has 1 unspecified atom stereocenters. The van der Waals surface area contributed by atoms with Gasteiger partial charge in [-0.05, 0) is 18.6 Å². The van der Waals surface area contributed by atoms with Crippen molar-refractivity contribution in [2.45, 2.75) is 25.3 Å².